The highest BCUT2D eigenvalue weighted by atomic mass is 35.5. The highest BCUT2D eigenvalue weighted by Gasteiger charge is 2.17. The maximum atomic E-state index is 13.2. The van der Waals surface area contributed by atoms with Gasteiger partial charge in [0.1, 0.15) is 5.82 Å². The van der Waals surface area contributed by atoms with E-state index < -0.39 is 5.91 Å². The Bertz CT molecular complexity index is 912. The number of carbonyl (C=O) groups is 1. The van der Waals surface area contributed by atoms with Crippen LogP contribution in [0.4, 0.5) is 10.2 Å². The smallest absolute Gasteiger partial charge is 0.275 e. The first-order valence-corrected chi connectivity index (χ1v) is 7.87. The van der Waals surface area contributed by atoms with E-state index >= 15 is 0 Å². The number of nitrogens with one attached hydrogen (secondary N) is 1. The molecule has 0 aliphatic carbocycles. The van der Waals surface area contributed by atoms with Gasteiger partial charge in [0.05, 0.1) is 6.54 Å². The fraction of sp³-hybridized carbons (Fsp3) is 0.118. The summed E-state index contributed by atoms with van der Waals surface area (Å²) in [5, 5.41) is 10.9. The molecule has 0 saturated heterocycles. The van der Waals surface area contributed by atoms with Crippen LogP contribution < -0.4 is 11.1 Å². The molecule has 2 aromatic carbocycles. The van der Waals surface area contributed by atoms with E-state index in [-0.39, 0.29) is 30.4 Å². The highest BCUT2D eigenvalue weighted by Crippen LogP contribution is 2.15. The zero-order valence-corrected chi connectivity index (χ0v) is 13.9. The van der Waals surface area contributed by atoms with Crippen LogP contribution in [-0.4, -0.2) is 20.9 Å². The molecule has 0 fully saturated rings. The van der Waals surface area contributed by atoms with Crippen molar-refractivity contribution in [3.63, 3.8) is 0 Å². The van der Waals surface area contributed by atoms with Gasteiger partial charge in [-0.25, -0.2) is 9.07 Å². The number of halogens is 2. The number of aromatic nitrogens is 3. The zero-order valence-electron chi connectivity index (χ0n) is 13.1. The third kappa shape index (κ3) is 3.95. The van der Waals surface area contributed by atoms with Crippen LogP contribution in [0.15, 0.2) is 48.5 Å². The standard InChI is InChI=1S/C17H15ClFN5O/c18-14-7-2-1-5-12(14)9-21-17(25)15-16(20)24(23-22-15)10-11-4-3-6-13(19)8-11/h1-8H,9-10,20H2,(H,21,25). The van der Waals surface area contributed by atoms with Gasteiger partial charge < -0.3 is 11.1 Å². The molecule has 0 spiro atoms. The maximum Gasteiger partial charge on any atom is 0.275 e. The summed E-state index contributed by atoms with van der Waals surface area (Å²) in [4.78, 5) is 12.3. The fourth-order valence-corrected chi connectivity index (χ4v) is 2.51. The summed E-state index contributed by atoms with van der Waals surface area (Å²) in [5.74, 6) is -0.697. The molecular weight excluding hydrogens is 345 g/mol. The van der Waals surface area contributed by atoms with E-state index in [0.29, 0.717) is 10.6 Å². The second kappa shape index (κ2) is 7.31. The van der Waals surface area contributed by atoms with Crippen LogP contribution in [0.1, 0.15) is 21.6 Å². The summed E-state index contributed by atoms with van der Waals surface area (Å²) in [6.45, 7) is 0.461. The Hall–Kier alpha value is -2.93. The Morgan fingerprint density at radius 1 is 1.24 bits per heavy atom. The van der Waals surface area contributed by atoms with Gasteiger partial charge >= 0.3 is 0 Å². The zero-order chi connectivity index (χ0) is 17.8. The molecule has 0 aliphatic rings. The predicted molar refractivity (Wildman–Crippen MR) is 92.6 cm³/mol. The number of rotatable bonds is 5. The van der Waals surface area contributed by atoms with Crippen LogP contribution >= 0.6 is 11.6 Å². The normalized spacial score (nSPS) is 10.6. The molecule has 1 heterocycles. The second-order valence-electron chi connectivity index (χ2n) is 5.38. The van der Waals surface area contributed by atoms with Gasteiger partial charge in [0, 0.05) is 11.6 Å². The largest absolute Gasteiger partial charge is 0.382 e. The second-order valence-corrected chi connectivity index (χ2v) is 5.79. The first-order chi connectivity index (χ1) is 12.0. The number of amides is 1. The van der Waals surface area contributed by atoms with Crippen LogP contribution in [0.2, 0.25) is 5.02 Å². The number of nitrogen functional groups attached to an aromatic ring is 1. The lowest BCUT2D eigenvalue weighted by Gasteiger charge is -2.06. The van der Waals surface area contributed by atoms with Crippen LogP contribution in [-0.2, 0) is 13.1 Å². The lowest BCUT2D eigenvalue weighted by molar-refractivity contribution is 0.0947. The summed E-state index contributed by atoms with van der Waals surface area (Å²) in [7, 11) is 0. The Balaban J connectivity index is 1.70. The Labute approximate surface area is 148 Å². The van der Waals surface area contributed by atoms with E-state index in [1.165, 1.54) is 16.8 Å². The Morgan fingerprint density at radius 2 is 2.04 bits per heavy atom. The maximum absolute atomic E-state index is 13.2. The van der Waals surface area contributed by atoms with Gasteiger partial charge in [0.2, 0.25) is 0 Å². The summed E-state index contributed by atoms with van der Waals surface area (Å²) in [5.41, 5.74) is 7.41. The molecule has 3 N–H and O–H groups in total. The van der Waals surface area contributed by atoms with Crippen molar-refractivity contribution in [1.82, 2.24) is 20.3 Å². The third-order valence-electron chi connectivity index (χ3n) is 3.61. The van der Waals surface area contributed by atoms with Gasteiger partial charge in [-0.3, -0.25) is 4.79 Å². The molecule has 0 unspecified atom stereocenters. The Morgan fingerprint density at radius 3 is 2.80 bits per heavy atom. The van der Waals surface area contributed by atoms with Crippen molar-refractivity contribution in [1.29, 1.82) is 0 Å². The lowest BCUT2D eigenvalue weighted by Crippen LogP contribution is -2.24. The molecule has 3 rings (SSSR count). The van der Waals surface area contributed by atoms with Crippen LogP contribution in [0, 0.1) is 5.82 Å². The molecule has 0 aliphatic heterocycles. The lowest BCUT2D eigenvalue weighted by atomic mass is 10.2. The molecule has 0 radical (unpaired) electrons. The van der Waals surface area contributed by atoms with Gasteiger partial charge in [0.25, 0.3) is 5.91 Å². The third-order valence-corrected chi connectivity index (χ3v) is 3.98. The van der Waals surface area contributed by atoms with Crippen LogP contribution in [0.5, 0.6) is 0 Å². The van der Waals surface area contributed by atoms with Gasteiger partial charge in [-0.1, -0.05) is 47.1 Å². The number of anilines is 1. The number of carbonyl (C=O) groups excluding carboxylic acids is 1. The molecule has 0 atom stereocenters. The number of nitrogens with two attached hydrogens (primary N) is 1. The number of hydrogen-bond acceptors (Lipinski definition) is 4. The molecule has 1 amide bonds. The minimum atomic E-state index is -0.456. The number of benzene rings is 2. The molecule has 6 nitrogen and oxygen atoms in total. The van der Waals surface area contributed by atoms with Crippen molar-refractivity contribution in [3.05, 3.63) is 76.2 Å². The van der Waals surface area contributed by atoms with Crippen LogP contribution in [0.3, 0.4) is 0 Å². The summed E-state index contributed by atoms with van der Waals surface area (Å²) in [6, 6.07) is 13.2. The average molecular weight is 360 g/mol. The Kier molecular flexibility index (Phi) is 4.95. The molecule has 3 aromatic rings. The van der Waals surface area contributed by atoms with Crippen molar-refractivity contribution in [3.8, 4) is 0 Å². The summed E-state index contributed by atoms with van der Waals surface area (Å²) >= 11 is 6.05. The van der Waals surface area contributed by atoms with E-state index in [2.05, 4.69) is 15.6 Å². The van der Waals surface area contributed by atoms with Gasteiger partial charge in [0.15, 0.2) is 11.5 Å². The van der Waals surface area contributed by atoms with E-state index in [0.717, 1.165) is 5.56 Å². The van der Waals surface area contributed by atoms with E-state index in [1.54, 1.807) is 18.2 Å². The SMILES string of the molecule is Nc1c(C(=O)NCc2ccccc2Cl)nnn1Cc1cccc(F)c1. The topological polar surface area (TPSA) is 85.8 Å². The number of nitrogens with zero attached hydrogens (tertiary/aromatic N) is 3. The van der Waals surface area contributed by atoms with E-state index in [1.807, 2.05) is 18.2 Å². The fourth-order valence-electron chi connectivity index (χ4n) is 2.31. The van der Waals surface area contributed by atoms with Crippen LogP contribution in [0.25, 0.3) is 0 Å². The van der Waals surface area contributed by atoms with Crippen molar-refractivity contribution >= 4 is 23.3 Å². The van der Waals surface area contributed by atoms with Crippen molar-refractivity contribution < 1.29 is 9.18 Å². The highest BCUT2D eigenvalue weighted by molar-refractivity contribution is 6.31. The first kappa shape index (κ1) is 16.9. The molecule has 0 bridgehead atoms. The predicted octanol–water partition coefficient (Wildman–Crippen LogP) is 2.63. The first-order valence-electron chi connectivity index (χ1n) is 7.49. The molecule has 128 valence electrons. The average Bonchev–Trinajstić information content (AvgIpc) is 2.95. The molecule has 1 aromatic heterocycles. The van der Waals surface area contributed by atoms with Crippen molar-refractivity contribution in [2.75, 3.05) is 5.73 Å². The minimum Gasteiger partial charge on any atom is -0.382 e. The molecule has 8 heteroatoms. The van der Waals surface area contributed by atoms with E-state index in [9.17, 15) is 9.18 Å². The van der Waals surface area contributed by atoms with E-state index in [4.69, 9.17) is 17.3 Å². The quantitative estimate of drug-likeness (QED) is 0.733. The summed E-state index contributed by atoms with van der Waals surface area (Å²) < 4.78 is 14.6. The molecular formula is C17H15ClFN5O. The van der Waals surface area contributed by atoms with Gasteiger partial charge in [-0.15, -0.1) is 5.10 Å². The minimum absolute atomic E-state index is 0.0171. The number of hydrogen-bond donors (Lipinski definition) is 2. The molecule has 0 saturated carbocycles. The monoisotopic (exact) mass is 359 g/mol. The van der Waals surface area contributed by atoms with Gasteiger partial charge in [-0.05, 0) is 29.3 Å². The van der Waals surface area contributed by atoms with Crippen molar-refractivity contribution in [2.24, 2.45) is 0 Å². The van der Waals surface area contributed by atoms with Gasteiger partial charge in [-0.2, -0.15) is 0 Å². The summed E-state index contributed by atoms with van der Waals surface area (Å²) in [6.07, 6.45) is 0. The molecule has 25 heavy (non-hydrogen) atoms. The van der Waals surface area contributed by atoms with Crippen molar-refractivity contribution in [2.45, 2.75) is 13.1 Å².